The summed E-state index contributed by atoms with van der Waals surface area (Å²) >= 11 is 12.0. The Morgan fingerprint density at radius 1 is 1.50 bits per heavy atom. The fourth-order valence-corrected chi connectivity index (χ4v) is 3.29. The van der Waals surface area contributed by atoms with Crippen molar-refractivity contribution in [3.8, 4) is 0 Å². The highest BCUT2D eigenvalue weighted by Crippen LogP contribution is 2.25. The number of halogens is 2. The third-order valence-electron chi connectivity index (χ3n) is 2.39. The fraction of sp³-hybridized carbons (Fsp3) is 1.00. The van der Waals surface area contributed by atoms with E-state index in [2.05, 4.69) is 5.32 Å². The number of nitrogens with one attached hydrogen (secondary N) is 1. The maximum absolute atomic E-state index is 6.01. The lowest BCUT2D eigenvalue weighted by molar-refractivity contribution is 0.524. The summed E-state index contributed by atoms with van der Waals surface area (Å²) in [6, 6.07) is 1.05. The van der Waals surface area contributed by atoms with Crippen molar-refractivity contribution < 1.29 is 0 Å². The lowest BCUT2D eigenvalue weighted by atomic mass is 10.0. The van der Waals surface area contributed by atoms with Crippen LogP contribution in [-0.4, -0.2) is 19.8 Å². The van der Waals surface area contributed by atoms with Gasteiger partial charge in [0.15, 0.2) is 0 Å². The summed E-state index contributed by atoms with van der Waals surface area (Å²) in [4.78, 5) is 0. The van der Waals surface area contributed by atoms with Gasteiger partial charge in [-0.05, 0) is 44.4 Å². The quantitative estimate of drug-likeness (QED) is 0.574. The van der Waals surface area contributed by atoms with Gasteiger partial charge in [0, 0.05) is 0 Å². The first-order valence-electron chi connectivity index (χ1n) is 4.66. The molecule has 1 heterocycles. The molecule has 0 saturated carbocycles. The third-order valence-corrected chi connectivity index (χ3v) is 4.76. The van der Waals surface area contributed by atoms with Gasteiger partial charge in [-0.15, -0.1) is 22.2 Å². The molecule has 12 heavy (non-hydrogen) atoms. The molecule has 1 unspecified atom stereocenters. The molecule has 0 aromatic heterocycles. The average molecular weight is 226 g/mol. The molecule has 1 saturated heterocycles. The van der Waals surface area contributed by atoms with E-state index in [9.17, 15) is 0 Å². The zero-order valence-corrected chi connectivity index (χ0v) is 10.1. The normalized spacial score (nSPS) is 24.8. The van der Waals surface area contributed by atoms with E-state index in [1.807, 2.05) is 6.55 Å². The van der Waals surface area contributed by atoms with Gasteiger partial charge in [0.25, 0.3) is 0 Å². The van der Waals surface area contributed by atoms with Crippen LogP contribution in [0.1, 0.15) is 19.3 Å². The Kier molecular flexibility index (Phi) is 4.37. The fourth-order valence-electron chi connectivity index (χ4n) is 1.66. The van der Waals surface area contributed by atoms with Crippen LogP contribution in [0.5, 0.6) is 0 Å². The summed E-state index contributed by atoms with van der Waals surface area (Å²) in [6.07, 6.45) is 3.85. The smallest absolute Gasteiger partial charge is 0.248 e. The Labute approximate surface area is 85.2 Å². The molecule has 0 spiro atoms. The van der Waals surface area contributed by atoms with Crippen molar-refractivity contribution in [1.82, 2.24) is 5.32 Å². The van der Waals surface area contributed by atoms with Gasteiger partial charge in [-0.25, -0.2) is 0 Å². The predicted octanol–water partition coefficient (Wildman–Crippen LogP) is 2.93. The average Bonchev–Trinajstić information content (AvgIpc) is 2.36. The molecule has 0 bridgehead atoms. The minimum Gasteiger partial charge on any atom is -0.316 e. The first-order chi connectivity index (χ1) is 5.58. The van der Waals surface area contributed by atoms with E-state index >= 15 is 0 Å². The van der Waals surface area contributed by atoms with Gasteiger partial charge in [0.2, 0.25) is 6.69 Å². The van der Waals surface area contributed by atoms with Crippen molar-refractivity contribution in [2.45, 2.75) is 31.9 Å². The summed E-state index contributed by atoms with van der Waals surface area (Å²) in [5, 5.41) is 3.37. The van der Waals surface area contributed by atoms with E-state index in [0.717, 1.165) is 12.0 Å². The highest BCUT2D eigenvalue weighted by atomic mass is 35.7. The highest BCUT2D eigenvalue weighted by Gasteiger charge is 2.21. The van der Waals surface area contributed by atoms with Gasteiger partial charge >= 0.3 is 0 Å². The number of rotatable bonds is 4. The molecule has 0 aromatic rings. The molecule has 1 nitrogen and oxygen atoms in total. The standard InChI is InChI=1S/C8H17Cl2NSi/c1-12(9,10)6-2-3-8-4-5-11-7-8/h8,11H,2-7H2,1H3. The van der Waals surface area contributed by atoms with Crippen LogP contribution in [0.3, 0.4) is 0 Å². The van der Waals surface area contributed by atoms with Crippen LogP contribution in [0.2, 0.25) is 12.6 Å². The highest BCUT2D eigenvalue weighted by molar-refractivity contribution is 7.44. The lowest BCUT2D eigenvalue weighted by Gasteiger charge is -2.11. The van der Waals surface area contributed by atoms with Crippen molar-refractivity contribution >= 4 is 28.9 Å². The molecule has 1 rings (SSSR count). The summed E-state index contributed by atoms with van der Waals surface area (Å²) in [7, 11) is 0. The summed E-state index contributed by atoms with van der Waals surface area (Å²) in [5.74, 6) is 0.884. The van der Waals surface area contributed by atoms with Gasteiger partial charge in [-0.3, -0.25) is 0 Å². The van der Waals surface area contributed by atoms with Gasteiger partial charge in [-0.2, -0.15) is 0 Å². The van der Waals surface area contributed by atoms with Crippen molar-refractivity contribution in [3.05, 3.63) is 0 Å². The SMILES string of the molecule is C[Si](Cl)(Cl)CCCC1CCNC1. The zero-order valence-electron chi connectivity index (χ0n) is 7.58. The molecule has 1 atom stereocenters. The lowest BCUT2D eigenvalue weighted by Crippen LogP contribution is -2.13. The Bertz CT molecular complexity index is 130. The molecule has 1 aliphatic heterocycles. The van der Waals surface area contributed by atoms with E-state index in [1.165, 1.54) is 32.4 Å². The van der Waals surface area contributed by atoms with Gasteiger partial charge in [0.1, 0.15) is 0 Å². The Morgan fingerprint density at radius 2 is 2.25 bits per heavy atom. The maximum Gasteiger partial charge on any atom is 0.248 e. The van der Waals surface area contributed by atoms with Crippen LogP contribution >= 0.6 is 22.2 Å². The van der Waals surface area contributed by atoms with E-state index in [0.29, 0.717) is 0 Å². The molecule has 0 aromatic carbocycles. The van der Waals surface area contributed by atoms with Crippen molar-refractivity contribution in [2.24, 2.45) is 5.92 Å². The van der Waals surface area contributed by atoms with Crippen LogP contribution < -0.4 is 5.32 Å². The second-order valence-electron chi connectivity index (χ2n) is 3.82. The molecule has 1 N–H and O–H groups in total. The minimum absolute atomic E-state index is 0.884. The molecule has 72 valence electrons. The van der Waals surface area contributed by atoms with Crippen molar-refractivity contribution in [3.63, 3.8) is 0 Å². The van der Waals surface area contributed by atoms with Crippen LogP contribution in [0.15, 0.2) is 0 Å². The molecule has 0 radical (unpaired) electrons. The molecule has 4 heteroatoms. The Balaban J connectivity index is 2.02. The van der Waals surface area contributed by atoms with E-state index in [4.69, 9.17) is 22.2 Å². The van der Waals surface area contributed by atoms with Gasteiger partial charge < -0.3 is 5.32 Å². The molecular formula is C8H17Cl2NSi. The van der Waals surface area contributed by atoms with Crippen molar-refractivity contribution in [2.75, 3.05) is 13.1 Å². The maximum atomic E-state index is 6.01. The zero-order chi connectivity index (χ0) is 9.03. The first kappa shape index (κ1) is 10.8. The Morgan fingerprint density at radius 3 is 2.75 bits per heavy atom. The molecule has 0 amide bonds. The summed E-state index contributed by atoms with van der Waals surface area (Å²) in [5.41, 5.74) is 0. The topological polar surface area (TPSA) is 12.0 Å². The van der Waals surface area contributed by atoms with Gasteiger partial charge in [0.05, 0.1) is 0 Å². The molecule has 1 fully saturated rings. The minimum atomic E-state index is -1.81. The van der Waals surface area contributed by atoms with Gasteiger partial charge in [-0.1, -0.05) is 6.42 Å². The van der Waals surface area contributed by atoms with Crippen molar-refractivity contribution in [1.29, 1.82) is 0 Å². The molecular weight excluding hydrogens is 209 g/mol. The summed E-state index contributed by atoms with van der Waals surface area (Å²) < 4.78 is 0. The number of hydrogen-bond acceptors (Lipinski definition) is 1. The molecule has 1 aliphatic rings. The second kappa shape index (κ2) is 4.84. The van der Waals surface area contributed by atoms with Crippen LogP contribution in [-0.2, 0) is 0 Å². The summed E-state index contributed by atoms with van der Waals surface area (Å²) in [6.45, 7) is 2.59. The first-order valence-corrected chi connectivity index (χ1v) is 9.39. The number of hydrogen-bond donors (Lipinski definition) is 1. The van der Waals surface area contributed by atoms with E-state index in [-0.39, 0.29) is 0 Å². The van der Waals surface area contributed by atoms with E-state index < -0.39 is 6.69 Å². The predicted molar refractivity (Wildman–Crippen MR) is 58.3 cm³/mol. The third kappa shape index (κ3) is 4.70. The van der Waals surface area contributed by atoms with Crippen LogP contribution in [0.4, 0.5) is 0 Å². The van der Waals surface area contributed by atoms with E-state index in [1.54, 1.807) is 0 Å². The Hall–Kier alpha value is 0.757. The monoisotopic (exact) mass is 225 g/mol. The molecule has 0 aliphatic carbocycles. The van der Waals surface area contributed by atoms with Crippen LogP contribution in [0.25, 0.3) is 0 Å². The largest absolute Gasteiger partial charge is 0.316 e. The van der Waals surface area contributed by atoms with Crippen LogP contribution in [0, 0.1) is 5.92 Å². The second-order valence-corrected chi connectivity index (χ2v) is 12.0.